The number of carbonyl (C=O) groups excluding carboxylic acids is 2. The van der Waals surface area contributed by atoms with E-state index in [0.717, 1.165) is 10.9 Å². The lowest BCUT2D eigenvalue weighted by molar-refractivity contribution is 0.0600. The second-order valence-corrected chi connectivity index (χ2v) is 4.71. The van der Waals surface area contributed by atoms with Gasteiger partial charge < -0.3 is 15.0 Å². The first-order valence-electron chi connectivity index (χ1n) is 6.55. The van der Waals surface area contributed by atoms with Gasteiger partial charge in [0.2, 0.25) is 0 Å². The molecule has 3 rings (SSSR count). The Labute approximate surface area is 126 Å². The molecule has 0 fully saturated rings. The number of ether oxygens (including phenoxy) is 1. The molecule has 0 saturated heterocycles. The van der Waals surface area contributed by atoms with Crippen LogP contribution in [0.3, 0.4) is 0 Å². The number of fused-ring (bicyclic) bond motifs is 1. The summed E-state index contributed by atoms with van der Waals surface area (Å²) in [5.41, 5.74) is 7.68. The zero-order valence-corrected chi connectivity index (χ0v) is 11.8. The lowest BCUT2D eigenvalue weighted by Crippen LogP contribution is -2.14. The Bertz CT molecular complexity index is 883. The van der Waals surface area contributed by atoms with Gasteiger partial charge in [0.05, 0.1) is 35.6 Å². The normalized spacial score (nSPS) is 10.6. The minimum atomic E-state index is -0.523. The first-order valence-corrected chi connectivity index (χ1v) is 6.55. The maximum Gasteiger partial charge on any atom is 0.337 e. The predicted octanol–water partition coefficient (Wildman–Crippen LogP) is 1.91. The van der Waals surface area contributed by atoms with E-state index in [4.69, 9.17) is 10.5 Å². The van der Waals surface area contributed by atoms with Gasteiger partial charge >= 0.3 is 5.97 Å². The third-order valence-corrected chi connectivity index (χ3v) is 3.44. The van der Waals surface area contributed by atoms with Gasteiger partial charge in [0, 0.05) is 17.8 Å². The van der Waals surface area contributed by atoms with Gasteiger partial charge in [0.1, 0.15) is 0 Å². The largest absolute Gasteiger partial charge is 0.465 e. The molecular formula is C16H13N3O3. The highest BCUT2D eigenvalue weighted by Gasteiger charge is 2.13. The molecule has 0 radical (unpaired) electrons. The van der Waals surface area contributed by atoms with Gasteiger partial charge in [0.25, 0.3) is 5.91 Å². The number of nitrogens with zero attached hydrogens (tertiary/aromatic N) is 2. The third kappa shape index (κ3) is 2.20. The molecule has 0 bridgehead atoms. The molecule has 0 unspecified atom stereocenters. The van der Waals surface area contributed by atoms with Crippen LogP contribution in [0.15, 0.2) is 48.9 Å². The fourth-order valence-electron chi connectivity index (χ4n) is 2.38. The number of hydrogen-bond acceptors (Lipinski definition) is 4. The molecule has 2 aromatic heterocycles. The molecule has 0 aliphatic heterocycles. The minimum absolute atomic E-state index is 0.379. The van der Waals surface area contributed by atoms with Crippen molar-refractivity contribution in [3.05, 3.63) is 60.0 Å². The minimum Gasteiger partial charge on any atom is -0.465 e. The molecule has 0 saturated carbocycles. The van der Waals surface area contributed by atoms with Crippen LogP contribution in [0, 0.1) is 0 Å². The van der Waals surface area contributed by atoms with Crippen molar-refractivity contribution in [1.29, 1.82) is 0 Å². The number of aromatic nitrogens is 2. The van der Waals surface area contributed by atoms with E-state index < -0.39 is 11.9 Å². The lowest BCUT2D eigenvalue weighted by Gasteiger charge is -2.09. The molecule has 2 heterocycles. The molecule has 0 spiro atoms. The summed E-state index contributed by atoms with van der Waals surface area (Å²) in [6.45, 7) is 0. The molecule has 110 valence electrons. The highest BCUT2D eigenvalue weighted by molar-refractivity contribution is 5.98. The SMILES string of the molecule is COC(=O)c1ccc2c(ccn2-c2cnccc2C(N)=O)c1. The number of carbonyl (C=O) groups is 2. The second kappa shape index (κ2) is 5.33. The molecule has 6 nitrogen and oxygen atoms in total. The Morgan fingerprint density at radius 1 is 1.23 bits per heavy atom. The monoisotopic (exact) mass is 295 g/mol. The molecule has 1 amide bonds. The van der Waals surface area contributed by atoms with E-state index in [-0.39, 0.29) is 0 Å². The van der Waals surface area contributed by atoms with Gasteiger partial charge in [-0.2, -0.15) is 0 Å². The van der Waals surface area contributed by atoms with Crippen molar-refractivity contribution in [3.8, 4) is 5.69 Å². The van der Waals surface area contributed by atoms with Crippen molar-refractivity contribution in [2.24, 2.45) is 5.73 Å². The van der Waals surface area contributed by atoms with Crippen LogP contribution in [0.2, 0.25) is 0 Å². The summed E-state index contributed by atoms with van der Waals surface area (Å²) in [5, 5.41) is 0.849. The summed E-state index contributed by atoms with van der Waals surface area (Å²) in [7, 11) is 1.34. The maximum absolute atomic E-state index is 11.6. The van der Waals surface area contributed by atoms with Gasteiger partial charge in [-0.05, 0) is 30.3 Å². The fraction of sp³-hybridized carbons (Fsp3) is 0.0625. The fourth-order valence-corrected chi connectivity index (χ4v) is 2.38. The van der Waals surface area contributed by atoms with E-state index in [2.05, 4.69) is 4.98 Å². The highest BCUT2D eigenvalue weighted by atomic mass is 16.5. The van der Waals surface area contributed by atoms with Crippen LogP contribution >= 0.6 is 0 Å². The zero-order valence-electron chi connectivity index (χ0n) is 11.8. The van der Waals surface area contributed by atoms with Gasteiger partial charge in [-0.25, -0.2) is 4.79 Å². The van der Waals surface area contributed by atoms with Gasteiger partial charge in [-0.1, -0.05) is 0 Å². The van der Waals surface area contributed by atoms with E-state index in [1.54, 1.807) is 36.7 Å². The summed E-state index contributed by atoms with van der Waals surface area (Å²) >= 11 is 0. The van der Waals surface area contributed by atoms with Gasteiger partial charge in [0.15, 0.2) is 0 Å². The van der Waals surface area contributed by atoms with Crippen molar-refractivity contribution in [1.82, 2.24) is 9.55 Å². The average Bonchev–Trinajstić information content (AvgIpc) is 2.96. The molecule has 6 heteroatoms. The van der Waals surface area contributed by atoms with Crippen LogP contribution in [0.5, 0.6) is 0 Å². The average molecular weight is 295 g/mol. The van der Waals surface area contributed by atoms with Crippen LogP contribution in [-0.4, -0.2) is 28.5 Å². The number of esters is 1. The topological polar surface area (TPSA) is 87.2 Å². The van der Waals surface area contributed by atoms with E-state index in [1.165, 1.54) is 13.3 Å². The Morgan fingerprint density at radius 2 is 2.05 bits per heavy atom. The molecule has 0 aliphatic rings. The molecule has 0 aliphatic carbocycles. The molecule has 1 aromatic carbocycles. The quantitative estimate of drug-likeness (QED) is 0.748. The zero-order chi connectivity index (χ0) is 15.7. The van der Waals surface area contributed by atoms with Crippen LogP contribution < -0.4 is 5.73 Å². The van der Waals surface area contributed by atoms with Crippen molar-refractivity contribution in [2.75, 3.05) is 7.11 Å². The van der Waals surface area contributed by atoms with Crippen molar-refractivity contribution in [3.63, 3.8) is 0 Å². The molecule has 3 aromatic rings. The first-order chi connectivity index (χ1) is 10.6. The van der Waals surface area contributed by atoms with Crippen molar-refractivity contribution in [2.45, 2.75) is 0 Å². The number of pyridine rings is 1. The third-order valence-electron chi connectivity index (χ3n) is 3.44. The number of benzene rings is 1. The number of hydrogen-bond donors (Lipinski definition) is 1. The summed E-state index contributed by atoms with van der Waals surface area (Å²) in [4.78, 5) is 27.2. The number of nitrogens with two attached hydrogens (primary N) is 1. The van der Waals surface area contributed by atoms with E-state index in [0.29, 0.717) is 16.8 Å². The number of primary amides is 1. The smallest absolute Gasteiger partial charge is 0.337 e. The van der Waals surface area contributed by atoms with Crippen LogP contribution in [0.25, 0.3) is 16.6 Å². The number of amides is 1. The Morgan fingerprint density at radius 3 is 2.77 bits per heavy atom. The number of methoxy groups -OCH3 is 1. The van der Waals surface area contributed by atoms with Gasteiger partial charge in [-0.3, -0.25) is 9.78 Å². The van der Waals surface area contributed by atoms with Gasteiger partial charge in [-0.15, -0.1) is 0 Å². The van der Waals surface area contributed by atoms with E-state index in [9.17, 15) is 9.59 Å². The lowest BCUT2D eigenvalue weighted by atomic mass is 10.1. The molecule has 2 N–H and O–H groups in total. The molecular weight excluding hydrogens is 282 g/mol. The number of rotatable bonds is 3. The van der Waals surface area contributed by atoms with Crippen molar-refractivity contribution < 1.29 is 14.3 Å². The standard InChI is InChI=1S/C16H13N3O3/c1-22-16(21)11-2-3-13-10(8-11)5-7-19(13)14-9-18-6-4-12(14)15(17)20/h2-9H,1H3,(H2,17,20). The summed E-state index contributed by atoms with van der Waals surface area (Å²) in [6.07, 6.45) is 4.90. The van der Waals surface area contributed by atoms with E-state index in [1.807, 2.05) is 10.6 Å². The maximum atomic E-state index is 11.6. The molecule has 22 heavy (non-hydrogen) atoms. The summed E-state index contributed by atoms with van der Waals surface area (Å²) in [6, 6.07) is 8.62. The van der Waals surface area contributed by atoms with E-state index >= 15 is 0 Å². The second-order valence-electron chi connectivity index (χ2n) is 4.71. The summed E-state index contributed by atoms with van der Waals surface area (Å²) < 4.78 is 6.52. The van der Waals surface area contributed by atoms with Crippen molar-refractivity contribution >= 4 is 22.8 Å². The first kappa shape index (κ1) is 13.8. The van der Waals surface area contributed by atoms with Crippen LogP contribution in [0.4, 0.5) is 0 Å². The Balaban J connectivity index is 2.18. The molecule has 0 atom stereocenters. The van der Waals surface area contributed by atoms with Crippen LogP contribution in [0.1, 0.15) is 20.7 Å². The van der Waals surface area contributed by atoms with Crippen LogP contribution in [-0.2, 0) is 4.74 Å². The Kier molecular flexibility index (Phi) is 3.34. The highest BCUT2D eigenvalue weighted by Crippen LogP contribution is 2.23. The Hall–Kier alpha value is -3.15. The summed E-state index contributed by atoms with van der Waals surface area (Å²) in [5.74, 6) is -0.917. The predicted molar refractivity (Wildman–Crippen MR) is 80.9 cm³/mol.